The number of aliphatic hydroxyl groups is 1. The largest absolute Gasteiger partial charge is 0.390 e. The Balaban J connectivity index is 1.94. The third-order valence-electron chi connectivity index (χ3n) is 4.03. The van der Waals surface area contributed by atoms with Crippen molar-refractivity contribution in [2.45, 2.75) is 63.9 Å². The van der Waals surface area contributed by atoms with E-state index < -0.39 is 11.9 Å². The zero-order valence-electron chi connectivity index (χ0n) is 10.6. The molecule has 3 atom stereocenters. The number of carbonyl (C=O) groups is 1. The summed E-state index contributed by atoms with van der Waals surface area (Å²) in [4.78, 5) is 11.3. The minimum absolute atomic E-state index is 0.00862. The van der Waals surface area contributed by atoms with Crippen LogP contribution in [0.15, 0.2) is 0 Å². The summed E-state index contributed by atoms with van der Waals surface area (Å²) in [5, 5.41) is 10.1. The van der Waals surface area contributed by atoms with Crippen LogP contribution in [0.4, 0.5) is 0 Å². The van der Waals surface area contributed by atoms with Gasteiger partial charge in [0.1, 0.15) is 11.9 Å². The lowest BCUT2D eigenvalue weighted by atomic mass is 9.94. The molecule has 1 aliphatic carbocycles. The highest BCUT2D eigenvalue weighted by Gasteiger charge is 2.45. The summed E-state index contributed by atoms with van der Waals surface area (Å²) in [6, 6.07) is 0. The van der Waals surface area contributed by atoms with Gasteiger partial charge in [0.25, 0.3) is 0 Å². The van der Waals surface area contributed by atoms with Gasteiger partial charge < -0.3 is 14.6 Å². The van der Waals surface area contributed by atoms with Gasteiger partial charge in [0.2, 0.25) is 0 Å². The summed E-state index contributed by atoms with van der Waals surface area (Å²) in [5.41, 5.74) is 0. The van der Waals surface area contributed by atoms with E-state index in [1.807, 2.05) is 0 Å². The van der Waals surface area contributed by atoms with Gasteiger partial charge in [-0.2, -0.15) is 0 Å². The Bertz CT molecular complexity index is 283. The molecular formula is C13H22O4. The van der Waals surface area contributed by atoms with E-state index in [9.17, 15) is 9.90 Å². The molecule has 4 nitrogen and oxygen atoms in total. The first-order valence-electron chi connectivity index (χ1n) is 6.54. The second-order valence-corrected chi connectivity index (χ2v) is 5.33. The van der Waals surface area contributed by atoms with Crippen LogP contribution in [0, 0.1) is 5.92 Å². The fraction of sp³-hybridized carbons (Fsp3) is 0.923. The number of hydrogen-bond donors (Lipinski definition) is 1. The first kappa shape index (κ1) is 13.0. The van der Waals surface area contributed by atoms with Gasteiger partial charge in [-0.1, -0.05) is 13.3 Å². The van der Waals surface area contributed by atoms with E-state index in [4.69, 9.17) is 9.47 Å². The maximum atomic E-state index is 11.3. The number of aliphatic hydroxyl groups excluding tert-OH is 1. The van der Waals surface area contributed by atoms with Crippen LogP contribution in [0.25, 0.3) is 0 Å². The molecule has 4 heteroatoms. The van der Waals surface area contributed by atoms with Gasteiger partial charge in [-0.15, -0.1) is 0 Å². The Morgan fingerprint density at radius 3 is 2.59 bits per heavy atom. The van der Waals surface area contributed by atoms with Gasteiger partial charge in [-0.05, 0) is 19.8 Å². The van der Waals surface area contributed by atoms with Gasteiger partial charge in [-0.3, -0.25) is 4.79 Å². The fourth-order valence-electron chi connectivity index (χ4n) is 2.66. The highest BCUT2D eigenvalue weighted by molar-refractivity contribution is 5.78. The van der Waals surface area contributed by atoms with Crippen molar-refractivity contribution < 1.29 is 19.4 Å². The molecule has 0 amide bonds. The number of hydrogen-bond acceptors (Lipinski definition) is 4. The topological polar surface area (TPSA) is 55.8 Å². The zero-order chi connectivity index (χ0) is 12.5. The summed E-state index contributed by atoms with van der Waals surface area (Å²) in [5.74, 6) is -0.867. The standard InChI is InChI=1S/C13H22O4/c1-9(10(2)14)12(15)11-8-16-13(17-11)6-4-3-5-7-13/h9,11-12,15H,3-8H2,1-2H3/t9?,11-,12?/m1/s1. The molecule has 1 spiro atoms. The van der Waals surface area contributed by atoms with Crippen LogP contribution in [-0.2, 0) is 14.3 Å². The van der Waals surface area contributed by atoms with Crippen molar-refractivity contribution >= 4 is 5.78 Å². The lowest BCUT2D eigenvalue weighted by molar-refractivity contribution is -0.198. The molecule has 98 valence electrons. The summed E-state index contributed by atoms with van der Waals surface area (Å²) >= 11 is 0. The van der Waals surface area contributed by atoms with E-state index in [2.05, 4.69) is 0 Å². The maximum absolute atomic E-state index is 11.3. The summed E-state index contributed by atoms with van der Waals surface area (Å²) in [6.45, 7) is 3.64. The van der Waals surface area contributed by atoms with Gasteiger partial charge in [0, 0.05) is 18.8 Å². The molecule has 2 rings (SSSR count). The molecule has 0 bridgehead atoms. The average molecular weight is 242 g/mol. The first-order valence-corrected chi connectivity index (χ1v) is 6.54. The van der Waals surface area contributed by atoms with Crippen molar-refractivity contribution in [3.05, 3.63) is 0 Å². The molecule has 2 unspecified atom stereocenters. The minimum Gasteiger partial charge on any atom is -0.390 e. The van der Waals surface area contributed by atoms with Crippen LogP contribution in [-0.4, -0.2) is 35.5 Å². The second kappa shape index (κ2) is 5.04. The van der Waals surface area contributed by atoms with Gasteiger partial charge >= 0.3 is 0 Å². The molecule has 1 aliphatic heterocycles. The Morgan fingerprint density at radius 1 is 1.35 bits per heavy atom. The summed E-state index contributed by atoms with van der Waals surface area (Å²) in [6.07, 6.45) is 4.16. The predicted molar refractivity (Wildman–Crippen MR) is 62.5 cm³/mol. The van der Waals surface area contributed by atoms with Crippen LogP contribution < -0.4 is 0 Å². The number of ether oxygens (including phenoxy) is 2. The van der Waals surface area contributed by atoms with Crippen LogP contribution >= 0.6 is 0 Å². The highest BCUT2D eigenvalue weighted by Crippen LogP contribution is 2.39. The molecule has 1 N–H and O–H groups in total. The van der Waals surface area contributed by atoms with Crippen molar-refractivity contribution in [2.24, 2.45) is 5.92 Å². The van der Waals surface area contributed by atoms with Gasteiger partial charge in [0.15, 0.2) is 5.79 Å². The van der Waals surface area contributed by atoms with E-state index in [0.717, 1.165) is 25.7 Å². The summed E-state index contributed by atoms with van der Waals surface area (Å²) < 4.78 is 11.7. The normalized spacial score (nSPS) is 31.4. The number of rotatable bonds is 3. The third kappa shape index (κ3) is 2.69. The van der Waals surface area contributed by atoms with Gasteiger partial charge in [0.05, 0.1) is 12.7 Å². The van der Waals surface area contributed by atoms with Crippen LogP contribution in [0.2, 0.25) is 0 Å². The average Bonchev–Trinajstić information content (AvgIpc) is 2.72. The van der Waals surface area contributed by atoms with Crippen molar-refractivity contribution in [3.63, 3.8) is 0 Å². The molecule has 1 heterocycles. The number of Topliss-reactive ketones (excluding diaryl/α,β-unsaturated/α-hetero) is 1. The van der Waals surface area contributed by atoms with Crippen LogP contribution in [0.5, 0.6) is 0 Å². The molecule has 0 aromatic carbocycles. The molecule has 0 radical (unpaired) electrons. The van der Waals surface area contributed by atoms with E-state index in [1.54, 1.807) is 6.92 Å². The Hall–Kier alpha value is -0.450. The summed E-state index contributed by atoms with van der Waals surface area (Å²) in [7, 11) is 0. The Labute approximate surface area is 102 Å². The lowest BCUT2D eigenvalue weighted by Gasteiger charge is -2.32. The van der Waals surface area contributed by atoms with E-state index in [-0.39, 0.29) is 17.8 Å². The molecule has 1 saturated carbocycles. The van der Waals surface area contributed by atoms with Gasteiger partial charge in [-0.25, -0.2) is 0 Å². The lowest BCUT2D eigenvalue weighted by Crippen LogP contribution is -2.40. The third-order valence-corrected chi connectivity index (χ3v) is 4.03. The Morgan fingerprint density at radius 2 is 2.00 bits per heavy atom. The number of ketones is 1. The van der Waals surface area contributed by atoms with Crippen LogP contribution in [0.1, 0.15) is 46.0 Å². The molecular weight excluding hydrogens is 220 g/mol. The van der Waals surface area contributed by atoms with E-state index in [1.165, 1.54) is 13.3 Å². The van der Waals surface area contributed by atoms with Crippen molar-refractivity contribution in [3.8, 4) is 0 Å². The second-order valence-electron chi connectivity index (χ2n) is 5.33. The molecule has 0 aromatic heterocycles. The van der Waals surface area contributed by atoms with Crippen molar-refractivity contribution in [2.75, 3.05) is 6.61 Å². The molecule has 0 aromatic rings. The predicted octanol–water partition coefficient (Wildman–Crippen LogP) is 1.65. The quantitative estimate of drug-likeness (QED) is 0.817. The number of carbonyl (C=O) groups excluding carboxylic acids is 1. The molecule has 2 aliphatic rings. The molecule has 1 saturated heterocycles. The fourth-order valence-corrected chi connectivity index (χ4v) is 2.66. The Kier molecular flexibility index (Phi) is 3.85. The zero-order valence-corrected chi connectivity index (χ0v) is 10.6. The van der Waals surface area contributed by atoms with Crippen molar-refractivity contribution in [1.82, 2.24) is 0 Å². The smallest absolute Gasteiger partial charge is 0.169 e. The first-order chi connectivity index (χ1) is 8.04. The monoisotopic (exact) mass is 242 g/mol. The highest BCUT2D eigenvalue weighted by atomic mass is 16.7. The molecule has 17 heavy (non-hydrogen) atoms. The maximum Gasteiger partial charge on any atom is 0.169 e. The molecule has 2 fully saturated rings. The van der Waals surface area contributed by atoms with E-state index >= 15 is 0 Å². The van der Waals surface area contributed by atoms with Crippen molar-refractivity contribution in [1.29, 1.82) is 0 Å². The van der Waals surface area contributed by atoms with Crippen LogP contribution in [0.3, 0.4) is 0 Å². The minimum atomic E-state index is -0.756. The van der Waals surface area contributed by atoms with E-state index in [0.29, 0.717) is 6.61 Å². The SMILES string of the molecule is CC(=O)C(C)C(O)[C@H]1COC2(CCCCC2)O1.